The van der Waals surface area contributed by atoms with Gasteiger partial charge in [0.2, 0.25) is 0 Å². The van der Waals surface area contributed by atoms with Crippen molar-refractivity contribution in [3.8, 4) is 0 Å². The van der Waals surface area contributed by atoms with Crippen molar-refractivity contribution in [3.05, 3.63) is 58.0 Å². The lowest BCUT2D eigenvalue weighted by molar-refractivity contribution is 0.475. The third-order valence-electron chi connectivity index (χ3n) is 3.17. The molecule has 0 unspecified atom stereocenters. The van der Waals surface area contributed by atoms with Gasteiger partial charge >= 0.3 is 0 Å². The number of benzene rings is 1. The Labute approximate surface area is 134 Å². The van der Waals surface area contributed by atoms with Crippen molar-refractivity contribution in [2.45, 2.75) is 26.4 Å². The highest BCUT2D eigenvalue weighted by atomic mass is 32.1. The zero-order chi connectivity index (χ0) is 15.2. The second-order valence-corrected chi connectivity index (χ2v) is 6.58. The van der Waals surface area contributed by atoms with Crippen molar-refractivity contribution in [2.24, 2.45) is 5.92 Å². The van der Waals surface area contributed by atoms with Gasteiger partial charge in [0.05, 0.1) is 6.04 Å². The Morgan fingerprint density at radius 2 is 1.95 bits per heavy atom. The molecule has 0 bridgehead atoms. The Balaban J connectivity index is 1.89. The second-order valence-electron chi connectivity index (χ2n) is 5.19. The van der Waals surface area contributed by atoms with E-state index in [0.717, 1.165) is 5.56 Å². The van der Waals surface area contributed by atoms with Crippen LogP contribution in [0.3, 0.4) is 0 Å². The van der Waals surface area contributed by atoms with Gasteiger partial charge in [-0.2, -0.15) is 0 Å². The molecule has 0 radical (unpaired) electrons. The summed E-state index contributed by atoms with van der Waals surface area (Å²) in [5, 5.41) is 9.21. The summed E-state index contributed by atoms with van der Waals surface area (Å²) >= 11 is 7.08. The fourth-order valence-electron chi connectivity index (χ4n) is 2.01. The first-order chi connectivity index (χ1) is 10.1. The van der Waals surface area contributed by atoms with Gasteiger partial charge in [-0.3, -0.25) is 0 Å². The number of thiocarbonyl (C=S) groups is 1. The maximum absolute atomic E-state index is 12.8. The number of hydrogen-bond donors (Lipinski definition) is 2. The van der Waals surface area contributed by atoms with E-state index in [-0.39, 0.29) is 11.9 Å². The van der Waals surface area contributed by atoms with Gasteiger partial charge in [0.25, 0.3) is 0 Å². The van der Waals surface area contributed by atoms with Gasteiger partial charge in [0.15, 0.2) is 5.11 Å². The summed E-state index contributed by atoms with van der Waals surface area (Å²) in [7, 11) is 0. The molecular formula is C16H19FN2S2. The van der Waals surface area contributed by atoms with Crippen molar-refractivity contribution >= 4 is 28.7 Å². The molecule has 1 aromatic heterocycles. The highest BCUT2D eigenvalue weighted by Crippen LogP contribution is 2.25. The molecule has 0 saturated heterocycles. The number of rotatable bonds is 5. The van der Waals surface area contributed by atoms with Crippen LogP contribution in [0.4, 0.5) is 4.39 Å². The maximum atomic E-state index is 12.8. The van der Waals surface area contributed by atoms with E-state index >= 15 is 0 Å². The van der Waals surface area contributed by atoms with E-state index in [1.807, 2.05) is 6.07 Å². The Kier molecular flexibility index (Phi) is 5.70. The van der Waals surface area contributed by atoms with Crippen LogP contribution in [0.1, 0.15) is 30.3 Å². The van der Waals surface area contributed by atoms with Crippen LogP contribution in [-0.2, 0) is 6.54 Å². The Morgan fingerprint density at radius 1 is 1.24 bits per heavy atom. The minimum atomic E-state index is -0.225. The molecule has 2 nitrogen and oxygen atoms in total. The van der Waals surface area contributed by atoms with Gasteiger partial charge in [-0.05, 0) is 47.3 Å². The van der Waals surface area contributed by atoms with Crippen molar-refractivity contribution in [2.75, 3.05) is 0 Å². The van der Waals surface area contributed by atoms with Crippen molar-refractivity contribution in [1.29, 1.82) is 0 Å². The number of halogens is 1. The van der Waals surface area contributed by atoms with Crippen molar-refractivity contribution in [1.82, 2.24) is 10.6 Å². The molecule has 0 aliphatic carbocycles. The summed E-state index contributed by atoms with van der Waals surface area (Å²) in [6, 6.07) is 10.8. The van der Waals surface area contributed by atoms with Crippen LogP contribution in [0.5, 0.6) is 0 Å². The monoisotopic (exact) mass is 322 g/mol. The first-order valence-corrected chi connectivity index (χ1v) is 8.17. The third kappa shape index (κ3) is 4.79. The standard InChI is InChI=1S/C16H19FN2S2/c1-11(2)15(14-4-3-9-21-14)19-16(20)18-10-12-5-7-13(17)8-6-12/h3-9,11,15H,10H2,1-2H3,(H2,18,19,20)/t15-/m1/s1. The molecule has 1 aromatic carbocycles. The topological polar surface area (TPSA) is 24.1 Å². The van der Waals surface area contributed by atoms with E-state index in [0.29, 0.717) is 17.6 Å². The Hall–Kier alpha value is -1.46. The van der Waals surface area contributed by atoms with Crippen LogP contribution in [0.2, 0.25) is 0 Å². The normalized spacial score (nSPS) is 12.2. The van der Waals surface area contributed by atoms with Crippen LogP contribution in [0, 0.1) is 11.7 Å². The number of hydrogen-bond acceptors (Lipinski definition) is 2. The SMILES string of the molecule is CC(C)[C@@H](NC(=S)NCc1ccc(F)cc1)c1cccs1. The first-order valence-electron chi connectivity index (χ1n) is 6.88. The molecule has 2 rings (SSSR count). The minimum absolute atomic E-state index is 0.207. The fraction of sp³-hybridized carbons (Fsp3) is 0.312. The molecule has 112 valence electrons. The third-order valence-corrected chi connectivity index (χ3v) is 4.39. The predicted octanol–water partition coefficient (Wildman–Crippen LogP) is 4.25. The van der Waals surface area contributed by atoms with E-state index in [9.17, 15) is 4.39 Å². The van der Waals surface area contributed by atoms with E-state index < -0.39 is 0 Å². The minimum Gasteiger partial charge on any atom is -0.359 e. The molecule has 2 N–H and O–H groups in total. The van der Waals surface area contributed by atoms with Crippen molar-refractivity contribution in [3.63, 3.8) is 0 Å². The Bertz CT molecular complexity index is 564. The molecule has 0 spiro atoms. The number of thiophene rings is 1. The van der Waals surface area contributed by atoms with Gasteiger partial charge in [0.1, 0.15) is 5.82 Å². The summed E-state index contributed by atoms with van der Waals surface area (Å²) in [5.41, 5.74) is 0.998. The van der Waals surface area contributed by atoms with Crippen LogP contribution < -0.4 is 10.6 Å². The summed E-state index contributed by atoms with van der Waals surface area (Å²) in [6.07, 6.45) is 0. The van der Waals surface area contributed by atoms with Gasteiger partial charge in [0, 0.05) is 11.4 Å². The number of nitrogens with one attached hydrogen (secondary N) is 2. The molecule has 21 heavy (non-hydrogen) atoms. The molecular weight excluding hydrogens is 303 g/mol. The summed E-state index contributed by atoms with van der Waals surface area (Å²) in [6.45, 7) is 4.92. The average molecular weight is 322 g/mol. The van der Waals surface area contributed by atoms with Gasteiger partial charge in [-0.1, -0.05) is 32.0 Å². The summed E-state index contributed by atoms with van der Waals surface area (Å²) in [5.74, 6) is 0.214. The zero-order valence-corrected chi connectivity index (χ0v) is 13.7. The lowest BCUT2D eigenvalue weighted by atomic mass is 10.0. The average Bonchev–Trinajstić information content (AvgIpc) is 2.97. The molecule has 0 amide bonds. The van der Waals surface area contributed by atoms with Gasteiger partial charge < -0.3 is 10.6 Å². The predicted molar refractivity (Wildman–Crippen MR) is 90.9 cm³/mol. The van der Waals surface area contributed by atoms with Gasteiger partial charge in [-0.25, -0.2) is 4.39 Å². The van der Waals surface area contributed by atoms with E-state index in [1.54, 1.807) is 23.5 Å². The smallest absolute Gasteiger partial charge is 0.167 e. The van der Waals surface area contributed by atoms with Crippen LogP contribution in [-0.4, -0.2) is 5.11 Å². The van der Waals surface area contributed by atoms with Crippen LogP contribution >= 0.6 is 23.6 Å². The second kappa shape index (κ2) is 7.52. The van der Waals surface area contributed by atoms with Gasteiger partial charge in [-0.15, -0.1) is 11.3 Å². The fourth-order valence-corrected chi connectivity index (χ4v) is 3.16. The van der Waals surface area contributed by atoms with Crippen LogP contribution in [0.15, 0.2) is 41.8 Å². The zero-order valence-electron chi connectivity index (χ0n) is 12.1. The highest BCUT2D eigenvalue weighted by molar-refractivity contribution is 7.80. The first kappa shape index (κ1) is 15.9. The summed E-state index contributed by atoms with van der Waals surface area (Å²) < 4.78 is 12.8. The molecule has 1 heterocycles. The molecule has 2 aromatic rings. The lowest BCUT2D eigenvalue weighted by Gasteiger charge is -2.23. The largest absolute Gasteiger partial charge is 0.359 e. The molecule has 0 saturated carbocycles. The van der Waals surface area contributed by atoms with E-state index in [1.165, 1.54) is 17.0 Å². The quantitative estimate of drug-likeness (QED) is 0.805. The lowest BCUT2D eigenvalue weighted by Crippen LogP contribution is -2.38. The molecule has 0 aliphatic rings. The van der Waals surface area contributed by atoms with E-state index in [2.05, 4.69) is 35.9 Å². The Morgan fingerprint density at radius 3 is 2.52 bits per heavy atom. The highest BCUT2D eigenvalue weighted by Gasteiger charge is 2.17. The molecule has 0 aliphatic heterocycles. The maximum Gasteiger partial charge on any atom is 0.167 e. The van der Waals surface area contributed by atoms with E-state index in [4.69, 9.17) is 12.2 Å². The molecule has 0 fully saturated rings. The van der Waals surface area contributed by atoms with Crippen molar-refractivity contribution < 1.29 is 4.39 Å². The molecule has 1 atom stereocenters. The van der Waals surface area contributed by atoms with Crippen LogP contribution in [0.25, 0.3) is 0 Å². The molecule has 5 heteroatoms. The summed E-state index contributed by atoms with van der Waals surface area (Å²) in [4.78, 5) is 1.27.